The van der Waals surface area contributed by atoms with Gasteiger partial charge in [0.05, 0.1) is 0 Å². The second-order valence-electron chi connectivity index (χ2n) is 4.16. The van der Waals surface area contributed by atoms with Gasteiger partial charge in [-0.15, -0.1) is 0 Å². The number of carbonyl (C=O) groups is 2. The van der Waals surface area contributed by atoms with Gasteiger partial charge in [0, 0.05) is 12.7 Å². The summed E-state index contributed by atoms with van der Waals surface area (Å²) in [6, 6.07) is 2.85. The number of aliphatic carboxylic acids is 1. The van der Waals surface area contributed by atoms with E-state index in [1.165, 1.54) is 4.90 Å². The third-order valence-corrected chi connectivity index (χ3v) is 3.01. The maximum Gasteiger partial charge on any atom is 0.326 e. The molecule has 0 aliphatic carbocycles. The van der Waals surface area contributed by atoms with Crippen LogP contribution in [0.1, 0.15) is 28.9 Å². The summed E-state index contributed by atoms with van der Waals surface area (Å²) in [4.78, 5) is 28.6. The van der Waals surface area contributed by atoms with Crippen LogP contribution in [0.15, 0.2) is 18.3 Å². The fourth-order valence-electron chi connectivity index (χ4n) is 2.11. The molecule has 1 saturated heterocycles. The van der Waals surface area contributed by atoms with E-state index in [1.807, 2.05) is 0 Å². The van der Waals surface area contributed by atoms with E-state index in [1.54, 1.807) is 25.3 Å². The van der Waals surface area contributed by atoms with Gasteiger partial charge in [-0.2, -0.15) is 0 Å². The van der Waals surface area contributed by atoms with Gasteiger partial charge >= 0.3 is 5.97 Å². The Morgan fingerprint density at radius 2 is 2.29 bits per heavy atom. The average molecular weight is 234 g/mol. The van der Waals surface area contributed by atoms with Gasteiger partial charge in [0.25, 0.3) is 5.91 Å². The van der Waals surface area contributed by atoms with Crippen LogP contribution in [0.3, 0.4) is 0 Å². The molecule has 1 aliphatic heterocycles. The molecule has 0 spiro atoms. The SMILES string of the molecule is Cc1cccnc1C(=O)N1CCC[C@@H]1C(=O)O. The molecular weight excluding hydrogens is 220 g/mol. The summed E-state index contributed by atoms with van der Waals surface area (Å²) < 4.78 is 0. The predicted molar refractivity (Wildman–Crippen MR) is 60.7 cm³/mol. The molecule has 90 valence electrons. The maximum absolute atomic E-state index is 12.2. The molecule has 1 aliphatic rings. The molecule has 1 N–H and O–H groups in total. The van der Waals surface area contributed by atoms with Crippen molar-refractivity contribution < 1.29 is 14.7 Å². The lowest BCUT2D eigenvalue weighted by atomic mass is 10.2. The number of carboxylic acid groups (broad SMARTS) is 1. The Labute approximate surface area is 99.1 Å². The topological polar surface area (TPSA) is 70.5 Å². The molecule has 1 aromatic rings. The normalized spacial score (nSPS) is 19.4. The van der Waals surface area contributed by atoms with Crippen molar-refractivity contribution in [3.05, 3.63) is 29.6 Å². The lowest BCUT2D eigenvalue weighted by molar-refractivity contribution is -0.141. The third kappa shape index (κ3) is 2.13. The average Bonchev–Trinajstić information content (AvgIpc) is 2.77. The predicted octanol–water partition coefficient (Wildman–Crippen LogP) is 1.08. The molecule has 0 saturated carbocycles. The summed E-state index contributed by atoms with van der Waals surface area (Å²) >= 11 is 0. The van der Waals surface area contributed by atoms with Gasteiger partial charge in [-0.3, -0.25) is 9.78 Å². The van der Waals surface area contributed by atoms with Crippen LogP contribution in [0, 0.1) is 6.92 Å². The number of rotatable bonds is 2. The number of hydrogen-bond donors (Lipinski definition) is 1. The highest BCUT2D eigenvalue weighted by atomic mass is 16.4. The molecular formula is C12H14N2O3. The number of carboxylic acids is 1. The summed E-state index contributed by atoms with van der Waals surface area (Å²) in [6.07, 6.45) is 2.80. The van der Waals surface area contributed by atoms with E-state index in [-0.39, 0.29) is 5.91 Å². The fraction of sp³-hybridized carbons (Fsp3) is 0.417. The summed E-state index contributed by atoms with van der Waals surface area (Å²) in [5.41, 5.74) is 1.12. The van der Waals surface area contributed by atoms with E-state index in [2.05, 4.69) is 4.98 Å². The molecule has 2 rings (SSSR count). The summed E-state index contributed by atoms with van der Waals surface area (Å²) in [7, 11) is 0. The van der Waals surface area contributed by atoms with Crippen molar-refractivity contribution in [2.75, 3.05) is 6.54 Å². The highest BCUT2D eigenvalue weighted by Gasteiger charge is 2.35. The number of likely N-dealkylation sites (tertiary alicyclic amines) is 1. The Balaban J connectivity index is 2.26. The lowest BCUT2D eigenvalue weighted by Crippen LogP contribution is -2.41. The van der Waals surface area contributed by atoms with Crippen LogP contribution >= 0.6 is 0 Å². The molecule has 1 aromatic heterocycles. The Bertz CT molecular complexity index is 459. The van der Waals surface area contributed by atoms with Crippen LogP contribution in [-0.2, 0) is 4.79 Å². The molecule has 1 atom stereocenters. The molecule has 5 nitrogen and oxygen atoms in total. The van der Waals surface area contributed by atoms with Crippen LogP contribution in [0.5, 0.6) is 0 Å². The summed E-state index contributed by atoms with van der Waals surface area (Å²) in [5.74, 6) is -1.22. The van der Waals surface area contributed by atoms with E-state index in [0.717, 1.165) is 12.0 Å². The zero-order chi connectivity index (χ0) is 12.4. The molecule has 2 heterocycles. The third-order valence-electron chi connectivity index (χ3n) is 3.01. The minimum atomic E-state index is -0.940. The van der Waals surface area contributed by atoms with Crippen molar-refractivity contribution in [1.82, 2.24) is 9.88 Å². The van der Waals surface area contributed by atoms with Gasteiger partial charge in [0.15, 0.2) is 0 Å². The zero-order valence-corrected chi connectivity index (χ0v) is 9.59. The van der Waals surface area contributed by atoms with E-state index in [0.29, 0.717) is 18.7 Å². The Kier molecular flexibility index (Phi) is 3.08. The fourth-order valence-corrected chi connectivity index (χ4v) is 2.11. The Morgan fingerprint density at radius 1 is 1.53 bits per heavy atom. The first-order chi connectivity index (χ1) is 8.11. The molecule has 0 unspecified atom stereocenters. The molecule has 0 radical (unpaired) electrons. The largest absolute Gasteiger partial charge is 0.480 e. The van der Waals surface area contributed by atoms with Crippen LogP contribution in [0.2, 0.25) is 0 Å². The second-order valence-corrected chi connectivity index (χ2v) is 4.16. The summed E-state index contributed by atoms with van der Waals surface area (Å²) in [6.45, 7) is 2.29. The Hall–Kier alpha value is -1.91. The quantitative estimate of drug-likeness (QED) is 0.831. The number of hydrogen-bond acceptors (Lipinski definition) is 3. The van der Waals surface area contributed by atoms with Gasteiger partial charge in [-0.25, -0.2) is 4.79 Å². The van der Waals surface area contributed by atoms with Gasteiger partial charge in [0.2, 0.25) is 0 Å². The zero-order valence-electron chi connectivity index (χ0n) is 9.59. The minimum absolute atomic E-state index is 0.284. The number of aromatic nitrogens is 1. The van der Waals surface area contributed by atoms with E-state index < -0.39 is 12.0 Å². The Morgan fingerprint density at radius 3 is 2.94 bits per heavy atom. The van der Waals surface area contributed by atoms with E-state index in [4.69, 9.17) is 5.11 Å². The lowest BCUT2D eigenvalue weighted by Gasteiger charge is -2.21. The monoisotopic (exact) mass is 234 g/mol. The van der Waals surface area contributed by atoms with Crippen LogP contribution in [-0.4, -0.2) is 39.5 Å². The number of nitrogens with zero attached hydrogens (tertiary/aromatic N) is 2. The number of carbonyl (C=O) groups excluding carboxylic acids is 1. The maximum atomic E-state index is 12.2. The van der Waals surface area contributed by atoms with Gasteiger partial charge < -0.3 is 10.0 Å². The highest BCUT2D eigenvalue weighted by Crippen LogP contribution is 2.20. The first-order valence-corrected chi connectivity index (χ1v) is 5.56. The highest BCUT2D eigenvalue weighted by molar-refractivity contribution is 5.96. The first-order valence-electron chi connectivity index (χ1n) is 5.56. The standard InChI is InChI=1S/C12H14N2O3/c1-8-4-2-6-13-10(8)11(15)14-7-3-5-9(14)12(16)17/h2,4,6,9H,3,5,7H2,1H3,(H,16,17)/t9-/m1/s1. The molecule has 1 fully saturated rings. The van der Waals surface area contributed by atoms with Crippen LogP contribution in [0.4, 0.5) is 0 Å². The van der Waals surface area contributed by atoms with Crippen LogP contribution in [0.25, 0.3) is 0 Å². The van der Waals surface area contributed by atoms with Gasteiger partial charge in [0.1, 0.15) is 11.7 Å². The molecule has 5 heteroatoms. The van der Waals surface area contributed by atoms with Crippen molar-refractivity contribution in [3.63, 3.8) is 0 Å². The van der Waals surface area contributed by atoms with Gasteiger partial charge in [-0.05, 0) is 31.4 Å². The van der Waals surface area contributed by atoms with Gasteiger partial charge in [-0.1, -0.05) is 6.07 Å². The van der Waals surface area contributed by atoms with Crippen molar-refractivity contribution in [1.29, 1.82) is 0 Å². The van der Waals surface area contributed by atoms with Crippen molar-refractivity contribution in [3.8, 4) is 0 Å². The molecule has 17 heavy (non-hydrogen) atoms. The molecule has 0 bridgehead atoms. The minimum Gasteiger partial charge on any atom is -0.480 e. The number of pyridine rings is 1. The first kappa shape index (κ1) is 11.6. The van der Waals surface area contributed by atoms with Crippen LogP contribution < -0.4 is 0 Å². The van der Waals surface area contributed by atoms with Crippen molar-refractivity contribution >= 4 is 11.9 Å². The van der Waals surface area contributed by atoms with Crippen molar-refractivity contribution in [2.45, 2.75) is 25.8 Å². The van der Waals surface area contributed by atoms with E-state index in [9.17, 15) is 9.59 Å². The van der Waals surface area contributed by atoms with E-state index >= 15 is 0 Å². The molecule has 0 aromatic carbocycles. The summed E-state index contributed by atoms with van der Waals surface area (Å²) in [5, 5.41) is 9.03. The second kappa shape index (κ2) is 4.53. The molecule has 1 amide bonds. The van der Waals surface area contributed by atoms with Crippen molar-refractivity contribution in [2.24, 2.45) is 0 Å². The number of aryl methyl sites for hydroxylation is 1. The number of amides is 1. The smallest absolute Gasteiger partial charge is 0.326 e.